The SMILES string of the molecule is CC1CN(C)CCC1N1CCC1. The topological polar surface area (TPSA) is 6.48 Å². The molecule has 0 saturated carbocycles. The van der Waals surface area contributed by atoms with E-state index in [0.717, 1.165) is 12.0 Å². The first kappa shape index (κ1) is 8.52. The van der Waals surface area contributed by atoms with Gasteiger partial charge in [0.1, 0.15) is 0 Å². The number of piperidine rings is 1. The number of rotatable bonds is 1. The first-order chi connectivity index (χ1) is 5.77. The second-order valence-corrected chi connectivity index (χ2v) is 4.49. The first-order valence-electron chi connectivity index (χ1n) is 5.20. The molecule has 0 aromatic rings. The maximum Gasteiger partial charge on any atom is 0.0145 e. The summed E-state index contributed by atoms with van der Waals surface area (Å²) in [6, 6.07) is 0.898. The van der Waals surface area contributed by atoms with Gasteiger partial charge in [-0.2, -0.15) is 0 Å². The van der Waals surface area contributed by atoms with Gasteiger partial charge in [0, 0.05) is 12.6 Å². The summed E-state index contributed by atoms with van der Waals surface area (Å²) in [6.07, 6.45) is 2.82. The zero-order valence-electron chi connectivity index (χ0n) is 8.29. The molecular weight excluding hydrogens is 148 g/mol. The predicted molar refractivity (Wildman–Crippen MR) is 51.3 cm³/mol. The standard InChI is InChI=1S/C10H20N2/c1-9-8-11(2)7-4-10(9)12-5-3-6-12/h9-10H,3-8H2,1-2H3. The molecule has 2 heteroatoms. The van der Waals surface area contributed by atoms with Gasteiger partial charge in [0.2, 0.25) is 0 Å². The highest BCUT2D eigenvalue weighted by molar-refractivity contribution is 4.87. The second-order valence-electron chi connectivity index (χ2n) is 4.49. The predicted octanol–water partition coefficient (Wildman–Crippen LogP) is 1.03. The van der Waals surface area contributed by atoms with E-state index in [-0.39, 0.29) is 0 Å². The molecule has 0 amide bonds. The van der Waals surface area contributed by atoms with Crippen LogP contribution in [0.25, 0.3) is 0 Å². The summed E-state index contributed by atoms with van der Waals surface area (Å²) in [5.74, 6) is 0.879. The molecule has 2 nitrogen and oxygen atoms in total. The molecule has 0 radical (unpaired) electrons. The third-order valence-corrected chi connectivity index (χ3v) is 3.42. The lowest BCUT2D eigenvalue weighted by Gasteiger charge is -2.45. The Hall–Kier alpha value is -0.0800. The lowest BCUT2D eigenvalue weighted by atomic mass is 9.91. The fourth-order valence-electron chi connectivity index (χ4n) is 2.56. The van der Waals surface area contributed by atoms with Crippen LogP contribution in [0.2, 0.25) is 0 Å². The molecule has 0 spiro atoms. The third-order valence-electron chi connectivity index (χ3n) is 3.42. The summed E-state index contributed by atoms with van der Waals surface area (Å²) < 4.78 is 0. The van der Waals surface area contributed by atoms with Crippen LogP contribution >= 0.6 is 0 Å². The minimum absolute atomic E-state index is 0.879. The summed E-state index contributed by atoms with van der Waals surface area (Å²) in [5.41, 5.74) is 0. The van der Waals surface area contributed by atoms with Gasteiger partial charge in [0.05, 0.1) is 0 Å². The quantitative estimate of drug-likeness (QED) is 0.577. The molecule has 0 aromatic carbocycles. The van der Waals surface area contributed by atoms with Gasteiger partial charge in [-0.05, 0) is 45.4 Å². The van der Waals surface area contributed by atoms with E-state index in [1.54, 1.807) is 0 Å². The summed E-state index contributed by atoms with van der Waals surface area (Å²) >= 11 is 0. The van der Waals surface area contributed by atoms with Gasteiger partial charge in [-0.3, -0.25) is 4.90 Å². The lowest BCUT2D eigenvalue weighted by molar-refractivity contribution is 0.0345. The Morgan fingerprint density at radius 3 is 2.42 bits per heavy atom. The highest BCUT2D eigenvalue weighted by atomic mass is 15.2. The van der Waals surface area contributed by atoms with Gasteiger partial charge in [-0.1, -0.05) is 6.92 Å². The van der Waals surface area contributed by atoms with Crippen molar-refractivity contribution in [2.45, 2.75) is 25.8 Å². The molecule has 2 aliphatic rings. The van der Waals surface area contributed by atoms with E-state index >= 15 is 0 Å². The molecule has 0 aliphatic carbocycles. The molecule has 2 unspecified atom stereocenters. The Morgan fingerprint density at radius 1 is 1.17 bits per heavy atom. The smallest absolute Gasteiger partial charge is 0.0145 e. The van der Waals surface area contributed by atoms with E-state index in [0.29, 0.717) is 0 Å². The van der Waals surface area contributed by atoms with Crippen molar-refractivity contribution >= 4 is 0 Å². The van der Waals surface area contributed by atoms with E-state index in [9.17, 15) is 0 Å². The zero-order chi connectivity index (χ0) is 8.55. The van der Waals surface area contributed by atoms with E-state index in [1.165, 1.54) is 39.0 Å². The van der Waals surface area contributed by atoms with Crippen LogP contribution in [0, 0.1) is 5.92 Å². The average Bonchev–Trinajstić information content (AvgIpc) is 1.91. The highest BCUT2D eigenvalue weighted by Crippen LogP contribution is 2.24. The van der Waals surface area contributed by atoms with Crippen molar-refractivity contribution in [2.75, 3.05) is 33.2 Å². The average molecular weight is 168 g/mol. The fraction of sp³-hybridized carbons (Fsp3) is 1.00. The zero-order valence-corrected chi connectivity index (χ0v) is 8.29. The molecule has 2 heterocycles. The molecule has 2 saturated heterocycles. The molecule has 0 N–H and O–H groups in total. The molecule has 70 valence electrons. The maximum absolute atomic E-state index is 2.66. The molecule has 0 bridgehead atoms. The van der Waals surface area contributed by atoms with Gasteiger partial charge in [-0.25, -0.2) is 0 Å². The molecule has 12 heavy (non-hydrogen) atoms. The first-order valence-corrected chi connectivity index (χ1v) is 5.20. The molecule has 0 aromatic heterocycles. The van der Waals surface area contributed by atoms with Crippen molar-refractivity contribution in [3.8, 4) is 0 Å². The summed E-state index contributed by atoms with van der Waals surface area (Å²) in [7, 11) is 2.24. The Labute approximate surface area is 75.5 Å². The Kier molecular flexibility index (Phi) is 2.37. The lowest BCUT2D eigenvalue weighted by Crippen LogP contribution is -2.53. The normalized spacial score (nSPS) is 39.5. The summed E-state index contributed by atoms with van der Waals surface area (Å²) in [4.78, 5) is 5.12. The van der Waals surface area contributed by atoms with Crippen molar-refractivity contribution in [2.24, 2.45) is 5.92 Å². The molecule has 2 aliphatic heterocycles. The van der Waals surface area contributed by atoms with E-state index in [4.69, 9.17) is 0 Å². The van der Waals surface area contributed by atoms with E-state index in [1.807, 2.05) is 0 Å². The number of likely N-dealkylation sites (tertiary alicyclic amines) is 2. The molecule has 2 rings (SSSR count). The molecule has 2 fully saturated rings. The maximum atomic E-state index is 2.66. The summed E-state index contributed by atoms with van der Waals surface area (Å²) in [5, 5.41) is 0. The summed E-state index contributed by atoms with van der Waals surface area (Å²) in [6.45, 7) is 7.71. The largest absolute Gasteiger partial charge is 0.306 e. The number of hydrogen-bond donors (Lipinski definition) is 0. The number of nitrogens with zero attached hydrogens (tertiary/aromatic N) is 2. The molecular formula is C10H20N2. The van der Waals surface area contributed by atoms with Crippen LogP contribution in [-0.2, 0) is 0 Å². The van der Waals surface area contributed by atoms with Crippen LogP contribution in [0.5, 0.6) is 0 Å². The number of hydrogen-bond acceptors (Lipinski definition) is 2. The van der Waals surface area contributed by atoms with Crippen LogP contribution in [0.3, 0.4) is 0 Å². The van der Waals surface area contributed by atoms with Gasteiger partial charge >= 0.3 is 0 Å². The van der Waals surface area contributed by atoms with Crippen molar-refractivity contribution in [1.29, 1.82) is 0 Å². The van der Waals surface area contributed by atoms with Gasteiger partial charge in [0.25, 0.3) is 0 Å². The van der Waals surface area contributed by atoms with Gasteiger partial charge in [-0.15, -0.1) is 0 Å². The van der Waals surface area contributed by atoms with Crippen LogP contribution in [0.15, 0.2) is 0 Å². The van der Waals surface area contributed by atoms with Crippen molar-refractivity contribution < 1.29 is 0 Å². The van der Waals surface area contributed by atoms with Crippen molar-refractivity contribution in [1.82, 2.24) is 9.80 Å². The minimum Gasteiger partial charge on any atom is -0.306 e. The third kappa shape index (κ3) is 1.50. The highest BCUT2D eigenvalue weighted by Gasteiger charge is 2.31. The Morgan fingerprint density at radius 2 is 1.92 bits per heavy atom. The minimum atomic E-state index is 0.879. The monoisotopic (exact) mass is 168 g/mol. The van der Waals surface area contributed by atoms with Crippen molar-refractivity contribution in [3.05, 3.63) is 0 Å². The van der Waals surface area contributed by atoms with E-state index in [2.05, 4.69) is 23.8 Å². The fourth-order valence-corrected chi connectivity index (χ4v) is 2.56. The molecule has 2 atom stereocenters. The van der Waals surface area contributed by atoms with Crippen LogP contribution in [-0.4, -0.2) is 49.1 Å². The second kappa shape index (κ2) is 3.35. The Balaban J connectivity index is 1.88. The van der Waals surface area contributed by atoms with Crippen LogP contribution < -0.4 is 0 Å². The van der Waals surface area contributed by atoms with Gasteiger partial charge in [0.15, 0.2) is 0 Å². The van der Waals surface area contributed by atoms with Crippen LogP contribution in [0.4, 0.5) is 0 Å². The van der Waals surface area contributed by atoms with E-state index < -0.39 is 0 Å². The van der Waals surface area contributed by atoms with Crippen LogP contribution in [0.1, 0.15) is 19.8 Å². The van der Waals surface area contributed by atoms with Gasteiger partial charge < -0.3 is 4.90 Å². The Bertz CT molecular complexity index is 154. The van der Waals surface area contributed by atoms with Crippen molar-refractivity contribution in [3.63, 3.8) is 0 Å².